The van der Waals surface area contributed by atoms with Gasteiger partial charge in [-0.15, -0.1) is 0 Å². The van der Waals surface area contributed by atoms with Gasteiger partial charge in [0.2, 0.25) is 0 Å². The van der Waals surface area contributed by atoms with Gasteiger partial charge in [-0.3, -0.25) is 4.90 Å². The minimum absolute atomic E-state index is 0.0148. The van der Waals surface area contributed by atoms with Crippen molar-refractivity contribution >= 4 is 0 Å². The molecular formula is C39H72N2O19. The molecule has 0 bridgehead atoms. The van der Waals surface area contributed by atoms with Gasteiger partial charge in [0, 0.05) is 19.5 Å². The largest absolute Gasteiger partial charge is 0.394 e. The van der Waals surface area contributed by atoms with Crippen molar-refractivity contribution in [2.24, 2.45) is 11.8 Å². The summed E-state index contributed by atoms with van der Waals surface area (Å²) in [7, 11) is 1.92. The molecule has 18 atom stereocenters. The third kappa shape index (κ3) is 13.4. The summed E-state index contributed by atoms with van der Waals surface area (Å²) in [5, 5.41) is 117. The molecular weight excluding hydrogens is 800 g/mol. The molecule has 352 valence electrons. The molecule has 4 aliphatic heterocycles. The monoisotopic (exact) mass is 872 g/mol. The Kier molecular flexibility index (Phi) is 20.9. The second kappa shape index (κ2) is 25.0. The van der Waals surface area contributed by atoms with Crippen LogP contribution in [0.5, 0.6) is 0 Å². The van der Waals surface area contributed by atoms with E-state index in [1.54, 1.807) is 0 Å². The lowest BCUT2D eigenvalue weighted by atomic mass is 9.71. The normalized spacial score (nSPS) is 41.8. The van der Waals surface area contributed by atoms with Gasteiger partial charge >= 0.3 is 0 Å². The Morgan fingerprint density at radius 3 is 1.77 bits per heavy atom. The average molecular weight is 873 g/mol. The quantitative estimate of drug-likeness (QED) is 0.0407. The number of hydrogen-bond donors (Lipinski definition) is 12. The first kappa shape index (κ1) is 50.2. The van der Waals surface area contributed by atoms with Crippen LogP contribution in [-0.4, -0.2) is 238 Å². The molecule has 60 heavy (non-hydrogen) atoms. The van der Waals surface area contributed by atoms with Crippen LogP contribution in [-0.2, 0) is 37.9 Å². The highest BCUT2D eigenvalue weighted by atomic mass is 16.7. The molecule has 0 aromatic carbocycles. The highest BCUT2D eigenvalue weighted by Crippen LogP contribution is 2.41. The molecule has 5 rings (SSSR count). The molecule has 21 heteroatoms. The Morgan fingerprint density at radius 1 is 0.550 bits per heavy atom. The molecule has 0 radical (unpaired) electrons. The van der Waals surface area contributed by atoms with Crippen LogP contribution in [0, 0.1) is 11.8 Å². The Labute approximate surface area is 351 Å². The van der Waals surface area contributed by atoms with E-state index in [1.165, 1.54) is 19.3 Å². The Morgan fingerprint density at radius 2 is 1.15 bits per heavy atom. The van der Waals surface area contributed by atoms with Crippen molar-refractivity contribution in [3.63, 3.8) is 0 Å². The molecule has 0 aromatic rings. The summed E-state index contributed by atoms with van der Waals surface area (Å²) < 4.78 is 46.7. The number of nitrogens with one attached hydrogen (secondary N) is 1. The minimum Gasteiger partial charge on any atom is -0.394 e. The molecule has 5 aliphatic rings. The molecule has 1 saturated carbocycles. The number of rotatable bonds is 24. The summed E-state index contributed by atoms with van der Waals surface area (Å²) in [6.45, 7) is 0.846. The number of aliphatic hydroxyl groups excluding tert-OH is 11. The lowest BCUT2D eigenvalue weighted by molar-refractivity contribution is -0.366. The predicted octanol–water partition coefficient (Wildman–Crippen LogP) is -4.54. The summed E-state index contributed by atoms with van der Waals surface area (Å²) in [4.78, 5) is 2.15. The average Bonchev–Trinajstić information content (AvgIpc) is 3.22. The predicted molar refractivity (Wildman–Crippen MR) is 206 cm³/mol. The first-order chi connectivity index (χ1) is 28.9. The summed E-state index contributed by atoms with van der Waals surface area (Å²) in [6.07, 6.45) is -15.9. The first-order valence-electron chi connectivity index (χ1n) is 21.7. The Balaban J connectivity index is 1.23. The molecule has 0 spiro atoms. The summed E-state index contributed by atoms with van der Waals surface area (Å²) in [5.41, 5.74) is 0. The molecule has 4 heterocycles. The van der Waals surface area contributed by atoms with E-state index in [2.05, 4.69) is 10.2 Å². The van der Waals surface area contributed by atoms with Crippen LogP contribution >= 0.6 is 0 Å². The van der Waals surface area contributed by atoms with Gasteiger partial charge in [-0.2, -0.15) is 0 Å². The molecule has 0 amide bonds. The standard InChI is InChI=1S/C39H72N2O19/c1-40-9-4-2-3-5-10-41(11-13-53-27-16-22(21-7-6-8-21)15-23(17-42)56-27)12-14-54-38-35(52)36(60-39-34(51)32(49)29(46)25(19-44)58-39)30(47)26(59-38)20-55-37-33(50)31(48)28(45)24(18-43)57-37/h21-40,42-52H,2-20H2,1H3/t22?,23?,24?,25?,26?,27?,28-,29-,30-,31?,32?,33?,34?,35?,36?,37+,38+,39-/m1/s1. The summed E-state index contributed by atoms with van der Waals surface area (Å²) in [6, 6.07) is 0. The van der Waals surface area contributed by atoms with E-state index >= 15 is 0 Å². The third-order valence-corrected chi connectivity index (χ3v) is 12.5. The van der Waals surface area contributed by atoms with Gasteiger partial charge in [0.05, 0.1) is 45.7 Å². The lowest BCUT2D eigenvalue weighted by Crippen LogP contribution is -2.65. The highest BCUT2D eigenvalue weighted by Gasteiger charge is 2.52. The van der Waals surface area contributed by atoms with Gasteiger partial charge in [-0.05, 0) is 51.2 Å². The van der Waals surface area contributed by atoms with Crippen molar-refractivity contribution in [2.45, 2.75) is 162 Å². The molecule has 5 fully saturated rings. The van der Waals surface area contributed by atoms with Crippen molar-refractivity contribution in [1.82, 2.24) is 10.2 Å². The topological polar surface area (TPSA) is 312 Å². The van der Waals surface area contributed by atoms with Gasteiger partial charge in [0.15, 0.2) is 25.2 Å². The van der Waals surface area contributed by atoms with E-state index in [0.29, 0.717) is 38.1 Å². The van der Waals surface area contributed by atoms with Crippen LogP contribution in [0.25, 0.3) is 0 Å². The maximum absolute atomic E-state index is 11.5. The smallest absolute Gasteiger partial charge is 0.187 e. The minimum atomic E-state index is -1.86. The molecule has 12 unspecified atom stereocenters. The van der Waals surface area contributed by atoms with Crippen molar-refractivity contribution in [2.75, 3.05) is 72.9 Å². The molecule has 0 aromatic heterocycles. The van der Waals surface area contributed by atoms with Crippen LogP contribution < -0.4 is 5.32 Å². The highest BCUT2D eigenvalue weighted by molar-refractivity contribution is 4.95. The maximum Gasteiger partial charge on any atom is 0.187 e. The van der Waals surface area contributed by atoms with Crippen molar-refractivity contribution in [3.05, 3.63) is 0 Å². The molecule has 12 N–H and O–H groups in total. The van der Waals surface area contributed by atoms with Gasteiger partial charge < -0.3 is 99.4 Å². The summed E-state index contributed by atoms with van der Waals surface area (Å²) in [5.74, 6) is 1.10. The fourth-order valence-corrected chi connectivity index (χ4v) is 8.53. The van der Waals surface area contributed by atoms with E-state index < -0.39 is 118 Å². The number of nitrogens with zero attached hydrogens (tertiary/aromatic N) is 1. The Bertz CT molecular complexity index is 1190. The van der Waals surface area contributed by atoms with Crippen LogP contribution in [0.3, 0.4) is 0 Å². The van der Waals surface area contributed by atoms with Crippen LogP contribution in [0.4, 0.5) is 0 Å². The van der Waals surface area contributed by atoms with Crippen LogP contribution in [0.2, 0.25) is 0 Å². The second-order valence-electron chi connectivity index (χ2n) is 16.7. The fourth-order valence-electron chi connectivity index (χ4n) is 8.53. The zero-order valence-corrected chi connectivity index (χ0v) is 34.5. The molecule has 1 aliphatic carbocycles. The van der Waals surface area contributed by atoms with E-state index in [0.717, 1.165) is 45.1 Å². The van der Waals surface area contributed by atoms with Crippen LogP contribution in [0.15, 0.2) is 0 Å². The Hall–Kier alpha value is -0.840. The number of aliphatic hydroxyl groups is 11. The number of hydrogen-bond acceptors (Lipinski definition) is 21. The van der Waals surface area contributed by atoms with E-state index in [-0.39, 0.29) is 19.3 Å². The maximum atomic E-state index is 11.5. The SMILES string of the molecule is CNCCCCCCN(CCOC1CC(C2CCC2)CC(CO)O1)CCO[C@H]1OC(CO[C@H]2OC(CO)[C@@H](O)C(O)C2O)[C@@H](O)C(O[C@H]2OC(CO)[C@@H](O)C(O)C2O)C1O. The lowest BCUT2D eigenvalue weighted by Gasteiger charge is -2.46. The van der Waals surface area contributed by atoms with Gasteiger partial charge in [-0.25, -0.2) is 0 Å². The first-order valence-corrected chi connectivity index (χ1v) is 21.7. The summed E-state index contributed by atoms with van der Waals surface area (Å²) >= 11 is 0. The zero-order chi connectivity index (χ0) is 43.3. The third-order valence-electron chi connectivity index (χ3n) is 12.5. The van der Waals surface area contributed by atoms with Crippen molar-refractivity contribution in [1.29, 1.82) is 0 Å². The van der Waals surface area contributed by atoms with E-state index in [1.807, 2.05) is 7.05 Å². The second-order valence-corrected chi connectivity index (χ2v) is 16.7. The number of unbranched alkanes of at least 4 members (excludes halogenated alkanes) is 3. The van der Waals surface area contributed by atoms with Crippen LogP contribution in [0.1, 0.15) is 57.8 Å². The van der Waals surface area contributed by atoms with E-state index in [9.17, 15) is 56.2 Å². The van der Waals surface area contributed by atoms with Crippen molar-refractivity contribution < 1.29 is 94.1 Å². The van der Waals surface area contributed by atoms with E-state index in [4.69, 9.17) is 37.9 Å². The number of ether oxygens (including phenoxy) is 8. The van der Waals surface area contributed by atoms with Gasteiger partial charge in [0.1, 0.15) is 73.2 Å². The zero-order valence-electron chi connectivity index (χ0n) is 34.5. The van der Waals surface area contributed by atoms with Gasteiger partial charge in [0.25, 0.3) is 0 Å². The molecule has 21 nitrogen and oxygen atoms in total. The van der Waals surface area contributed by atoms with Gasteiger partial charge in [-0.1, -0.05) is 32.1 Å². The van der Waals surface area contributed by atoms with Crippen molar-refractivity contribution in [3.8, 4) is 0 Å². The molecule has 4 saturated heterocycles. The fraction of sp³-hybridized carbons (Fsp3) is 1.00.